The van der Waals surface area contributed by atoms with Crippen molar-refractivity contribution in [2.45, 2.75) is 19.1 Å². The van der Waals surface area contributed by atoms with Crippen molar-refractivity contribution in [2.75, 3.05) is 26.8 Å². The summed E-state index contributed by atoms with van der Waals surface area (Å²) in [6, 6.07) is 2.35. The molecule has 1 aromatic heterocycles. The molecule has 20 heavy (non-hydrogen) atoms. The highest BCUT2D eigenvalue weighted by Crippen LogP contribution is 2.29. The molecule has 0 N–H and O–H groups in total. The minimum Gasteiger partial charge on any atom is -0.381 e. The zero-order valence-corrected chi connectivity index (χ0v) is 11.8. The van der Waals surface area contributed by atoms with Gasteiger partial charge in [0.1, 0.15) is 10.8 Å². The van der Waals surface area contributed by atoms with E-state index < -0.39 is 11.9 Å². The largest absolute Gasteiger partial charge is 0.433 e. The average Bonchev–Trinajstić information content (AvgIpc) is 2.83. The van der Waals surface area contributed by atoms with E-state index in [1.807, 2.05) is 11.9 Å². The standard InChI is InChI=1S/C13H16ClF3N2O/c1-19(6-9-4-5-20-8-9)7-10-2-3-11(13(15,16)17)18-12(10)14/h2-3,9H,4-8H2,1H3. The second kappa shape index (κ2) is 6.28. The van der Waals surface area contributed by atoms with E-state index in [-0.39, 0.29) is 5.15 Å². The quantitative estimate of drug-likeness (QED) is 0.799. The Morgan fingerprint density at radius 1 is 1.45 bits per heavy atom. The third-order valence-corrected chi connectivity index (χ3v) is 3.58. The van der Waals surface area contributed by atoms with Crippen LogP contribution in [0.5, 0.6) is 0 Å². The Morgan fingerprint density at radius 2 is 2.20 bits per heavy atom. The zero-order valence-electron chi connectivity index (χ0n) is 11.1. The fourth-order valence-electron chi connectivity index (χ4n) is 2.26. The predicted molar refractivity (Wildman–Crippen MR) is 69.5 cm³/mol. The molecule has 0 amide bonds. The molecule has 1 fully saturated rings. The third-order valence-electron chi connectivity index (χ3n) is 3.25. The van der Waals surface area contributed by atoms with E-state index in [0.717, 1.165) is 32.2 Å². The molecule has 1 saturated heterocycles. The highest BCUT2D eigenvalue weighted by atomic mass is 35.5. The van der Waals surface area contributed by atoms with E-state index in [0.29, 0.717) is 18.0 Å². The van der Waals surface area contributed by atoms with Gasteiger partial charge in [-0.15, -0.1) is 0 Å². The number of rotatable bonds is 4. The van der Waals surface area contributed by atoms with Gasteiger partial charge in [0.05, 0.1) is 6.61 Å². The zero-order chi connectivity index (χ0) is 14.8. The van der Waals surface area contributed by atoms with Gasteiger partial charge in [-0.1, -0.05) is 17.7 Å². The van der Waals surface area contributed by atoms with E-state index >= 15 is 0 Å². The van der Waals surface area contributed by atoms with Crippen LogP contribution in [0.15, 0.2) is 12.1 Å². The number of pyridine rings is 1. The summed E-state index contributed by atoms with van der Waals surface area (Å²) in [6.45, 7) is 2.82. The van der Waals surface area contributed by atoms with Crippen LogP contribution in [0, 0.1) is 5.92 Å². The Kier molecular flexibility index (Phi) is 4.88. The first-order chi connectivity index (χ1) is 9.36. The monoisotopic (exact) mass is 308 g/mol. The lowest BCUT2D eigenvalue weighted by molar-refractivity contribution is -0.141. The Morgan fingerprint density at radius 3 is 2.75 bits per heavy atom. The third kappa shape index (κ3) is 4.07. The molecule has 1 aromatic rings. The van der Waals surface area contributed by atoms with Gasteiger partial charge in [0.15, 0.2) is 0 Å². The molecule has 0 bridgehead atoms. The van der Waals surface area contributed by atoms with Gasteiger partial charge in [0.2, 0.25) is 0 Å². The smallest absolute Gasteiger partial charge is 0.381 e. The van der Waals surface area contributed by atoms with Crippen molar-refractivity contribution in [3.63, 3.8) is 0 Å². The van der Waals surface area contributed by atoms with E-state index in [2.05, 4.69) is 4.98 Å². The van der Waals surface area contributed by atoms with E-state index in [4.69, 9.17) is 16.3 Å². The minimum absolute atomic E-state index is 0.0886. The van der Waals surface area contributed by atoms with Crippen LogP contribution >= 0.6 is 11.6 Å². The first-order valence-corrected chi connectivity index (χ1v) is 6.73. The number of nitrogens with zero attached hydrogens (tertiary/aromatic N) is 2. The average molecular weight is 309 g/mol. The molecule has 1 aliphatic rings. The van der Waals surface area contributed by atoms with Gasteiger partial charge in [-0.3, -0.25) is 0 Å². The second-order valence-electron chi connectivity index (χ2n) is 5.07. The molecule has 7 heteroatoms. The fraction of sp³-hybridized carbons (Fsp3) is 0.615. The fourth-order valence-corrected chi connectivity index (χ4v) is 2.48. The van der Waals surface area contributed by atoms with Gasteiger partial charge in [-0.2, -0.15) is 13.2 Å². The number of hydrogen-bond donors (Lipinski definition) is 0. The summed E-state index contributed by atoms with van der Waals surface area (Å²) in [7, 11) is 1.91. The summed E-state index contributed by atoms with van der Waals surface area (Å²) >= 11 is 5.83. The highest BCUT2D eigenvalue weighted by Gasteiger charge is 2.33. The molecule has 0 aliphatic carbocycles. The van der Waals surface area contributed by atoms with Crippen LogP contribution in [-0.4, -0.2) is 36.7 Å². The van der Waals surface area contributed by atoms with Crippen molar-refractivity contribution in [1.82, 2.24) is 9.88 Å². The highest BCUT2D eigenvalue weighted by molar-refractivity contribution is 6.30. The van der Waals surface area contributed by atoms with Crippen LogP contribution in [0.25, 0.3) is 0 Å². The first-order valence-electron chi connectivity index (χ1n) is 6.35. The summed E-state index contributed by atoms with van der Waals surface area (Å²) in [6.07, 6.45) is -3.45. The molecule has 0 saturated carbocycles. The van der Waals surface area contributed by atoms with Crippen LogP contribution in [-0.2, 0) is 17.5 Å². The molecule has 1 atom stereocenters. The maximum Gasteiger partial charge on any atom is 0.433 e. The van der Waals surface area contributed by atoms with Crippen LogP contribution in [0.3, 0.4) is 0 Å². The second-order valence-corrected chi connectivity index (χ2v) is 5.43. The van der Waals surface area contributed by atoms with Crippen LogP contribution in [0.2, 0.25) is 5.15 Å². The molecule has 2 heterocycles. The van der Waals surface area contributed by atoms with E-state index in [9.17, 15) is 13.2 Å². The normalized spacial score (nSPS) is 19.8. The molecule has 0 spiro atoms. The molecule has 0 radical (unpaired) electrons. The molecule has 2 rings (SSSR count). The topological polar surface area (TPSA) is 25.4 Å². The number of alkyl halides is 3. The van der Waals surface area contributed by atoms with Crippen molar-refractivity contribution in [3.8, 4) is 0 Å². The summed E-state index contributed by atoms with van der Waals surface area (Å²) in [5, 5.41) is -0.0886. The number of halogens is 4. The van der Waals surface area contributed by atoms with Crippen molar-refractivity contribution in [2.24, 2.45) is 5.92 Å². The lowest BCUT2D eigenvalue weighted by Crippen LogP contribution is -2.26. The molecule has 112 valence electrons. The van der Waals surface area contributed by atoms with Gasteiger partial charge in [0.25, 0.3) is 0 Å². The van der Waals surface area contributed by atoms with Crippen LogP contribution in [0.4, 0.5) is 13.2 Å². The Bertz CT molecular complexity index is 461. The molecular weight excluding hydrogens is 293 g/mol. The van der Waals surface area contributed by atoms with Gasteiger partial charge in [0, 0.05) is 25.3 Å². The number of aromatic nitrogens is 1. The lowest BCUT2D eigenvalue weighted by Gasteiger charge is -2.20. The Balaban J connectivity index is 1.98. The van der Waals surface area contributed by atoms with Gasteiger partial charge in [-0.25, -0.2) is 4.98 Å². The molecule has 3 nitrogen and oxygen atoms in total. The van der Waals surface area contributed by atoms with Gasteiger partial charge >= 0.3 is 6.18 Å². The lowest BCUT2D eigenvalue weighted by atomic mass is 10.1. The van der Waals surface area contributed by atoms with Crippen LogP contribution < -0.4 is 0 Å². The van der Waals surface area contributed by atoms with Crippen molar-refractivity contribution in [1.29, 1.82) is 0 Å². The first kappa shape index (κ1) is 15.5. The van der Waals surface area contributed by atoms with Gasteiger partial charge in [-0.05, 0) is 25.5 Å². The number of ether oxygens (including phenoxy) is 1. The molecule has 1 unspecified atom stereocenters. The summed E-state index contributed by atoms with van der Waals surface area (Å²) < 4.78 is 42.8. The van der Waals surface area contributed by atoms with Crippen molar-refractivity contribution >= 4 is 11.6 Å². The van der Waals surface area contributed by atoms with E-state index in [1.54, 1.807) is 0 Å². The van der Waals surface area contributed by atoms with Crippen LogP contribution in [0.1, 0.15) is 17.7 Å². The Hall–Kier alpha value is -0.850. The van der Waals surface area contributed by atoms with E-state index in [1.165, 1.54) is 6.07 Å². The summed E-state index contributed by atoms with van der Waals surface area (Å²) in [5.74, 6) is 0.473. The SMILES string of the molecule is CN(Cc1ccc(C(F)(F)F)nc1Cl)CC1CCOC1. The minimum atomic E-state index is -4.46. The molecule has 1 aliphatic heterocycles. The predicted octanol–water partition coefficient (Wildman–Crippen LogP) is 3.22. The maximum atomic E-state index is 12.5. The van der Waals surface area contributed by atoms with Gasteiger partial charge < -0.3 is 9.64 Å². The van der Waals surface area contributed by atoms with Crippen molar-refractivity contribution < 1.29 is 17.9 Å². The number of hydrogen-bond acceptors (Lipinski definition) is 3. The molecular formula is C13H16ClF3N2O. The Labute approximate surface area is 120 Å². The molecule has 0 aromatic carbocycles. The summed E-state index contributed by atoms with van der Waals surface area (Å²) in [5.41, 5.74) is -0.362. The van der Waals surface area contributed by atoms with Crippen molar-refractivity contribution in [3.05, 3.63) is 28.5 Å². The summed E-state index contributed by atoms with van der Waals surface area (Å²) in [4.78, 5) is 5.44. The maximum absolute atomic E-state index is 12.5.